The molecule has 0 atom stereocenters. The number of aromatic carboxylic acids is 1. The summed E-state index contributed by atoms with van der Waals surface area (Å²) >= 11 is 0. The first-order chi connectivity index (χ1) is 10.0. The molecule has 0 bridgehead atoms. The highest BCUT2D eigenvalue weighted by Gasteiger charge is 2.24. The van der Waals surface area contributed by atoms with Crippen molar-refractivity contribution in [2.24, 2.45) is 0 Å². The molecule has 5 heteroatoms. The predicted molar refractivity (Wildman–Crippen MR) is 80.2 cm³/mol. The lowest BCUT2D eigenvalue weighted by molar-refractivity contribution is -0.115. The molecule has 0 saturated heterocycles. The van der Waals surface area contributed by atoms with Crippen molar-refractivity contribution in [1.82, 2.24) is 0 Å². The van der Waals surface area contributed by atoms with Gasteiger partial charge in [-0.3, -0.25) is 4.79 Å². The Morgan fingerprint density at radius 3 is 2.57 bits per heavy atom. The van der Waals surface area contributed by atoms with Crippen LogP contribution in [0.2, 0.25) is 0 Å². The maximum Gasteiger partial charge on any atom is 0.335 e. The van der Waals surface area contributed by atoms with E-state index in [4.69, 9.17) is 5.11 Å². The average molecular weight is 282 g/mol. The first kappa shape index (κ1) is 13.2. The summed E-state index contributed by atoms with van der Waals surface area (Å²) in [6.07, 6.45) is 0. The molecule has 5 nitrogen and oxygen atoms in total. The molecule has 0 radical (unpaired) electrons. The number of nitrogens with one attached hydrogen (secondary N) is 1. The van der Waals surface area contributed by atoms with Gasteiger partial charge >= 0.3 is 5.97 Å². The quantitative estimate of drug-likeness (QED) is 0.888. The van der Waals surface area contributed by atoms with Gasteiger partial charge in [0.2, 0.25) is 5.91 Å². The molecule has 0 aliphatic carbocycles. The number of fused-ring (bicyclic) bond motifs is 1. The molecule has 2 aromatic carbocycles. The zero-order valence-corrected chi connectivity index (χ0v) is 11.5. The van der Waals surface area contributed by atoms with E-state index in [9.17, 15) is 9.59 Å². The third kappa shape index (κ3) is 2.45. The van der Waals surface area contributed by atoms with Crippen LogP contribution < -0.4 is 10.2 Å². The second-order valence-electron chi connectivity index (χ2n) is 5.01. The molecular formula is C16H14N2O3. The number of aryl methyl sites for hydroxylation is 1. The molecule has 3 rings (SSSR count). The summed E-state index contributed by atoms with van der Waals surface area (Å²) in [7, 11) is 0. The monoisotopic (exact) mass is 282 g/mol. The number of benzene rings is 2. The summed E-state index contributed by atoms with van der Waals surface area (Å²) in [6.45, 7) is 2.21. The minimum Gasteiger partial charge on any atom is -0.478 e. The van der Waals surface area contributed by atoms with Gasteiger partial charge in [-0.1, -0.05) is 17.7 Å². The van der Waals surface area contributed by atoms with Crippen LogP contribution in [0.15, 0.2) is 42.5 Å². The van der Waals surface area contributed by atoms with Crippen LogP contribution >= 0.6 is 0 Å². The van der Waals surface area contributed by atoms with Crippen LogP contribution in [-0.4, -0.2) is 23.5 Å². The van der Waals surface area contributed by atoms with Crippen molar-refractivity contribution >= 4 is 28.9 Å². The Labute approximate surface area is 121 Å². The molecule has 106 valence electrons. The summed E-state index contributed by atoms with van der Waals surface area (Å²) in [5.41, 5.74) is 3.51. The van der Waals surface area contributed by atoms with Gasteiger partial charge < -0.3 is 15.3 Å². The molecule has 0 unspecified atom stereocenters. The SMILES string of the molecule is Cc1ccc(N2CC(=O)Nc3cc(C(=O)O)ccc32)cc1. The molecule has 0 saturated carbocycles. The third-order valence-electron chi connectivity index (χ3n) is 3.46. The molecule has 1 amide bonds. The van der Waals surface area contributed by atoms with Crippen LogP contribution in [0.5, 0.6) is 0 Å². The highest BCUT2D eigenvalue weighted by molar-refractivity contribution is 6.04. The van der Waals surface area contributed by atoms with Crippen LogP contribution in [0.25, 0.3) is 0 Å². The van der Waals surface area contributed by atoms with E-state index in [-0.39, 0.29) is 18.0 Å². The first-order valence-electron chi connectivity index (χ1n) is 6.56. The number of carboxylic acid groups (broad SMARTS) is 1. The molecule has 1 heterocycles. The molecular weight excluding hydrogens is 268 g/mol. The maximum absolute atomic E-state index is 11.9. The Bertz CT molecular complexity index is 723. The van der Waals surface area contributed by atoms with Crippen LogP contribution in [0, 0.1) is 6.92 Å². The van der Waals surface area contributed by atoms with Gasteiger partial charge in [-0.2, -0.15) is 0 Å². The molecule has 1 aliphatic heterocycles. The number of nitrogens with zero attached hydrogens (tertiary/aromatic N) is 1. The normalized spacial score (nSPS) is 13.6. The molecule has 21 heavy (non-hydrogen) atoms. The molecule has 0 fully saturated rings. The minimum atomic E-state index is -1.01. The van der Waals surface area contributed by atoms with E-state index in [1.807, 2.05) is 36.1 Å². The third-order valence-corrected chi connectivity index (χ3v) is 3.46. The van der Waals surface area contributed by atoms with Gasteiger partial charge in [-0.15, -0.1) is 0 Å². The number of carboxylic acids is 1. The Kier molecular flexibility index (Phi) is 3.10. The van der Waals surface area contributed by atoms with Crippen molar-refractivity contribution in [1.29, 1.82) is 0 Å². The molecule has 2 N–H and O–H groups in total. The highest BCUT2D eigenvalue weighted by atomic mass is 16.4. The second-order valence-corrected chi connectivity index (χ2v) is 5.01. The topological polar surface area (TPSA) is 69.6 Å². The number of hydrogen-bond acceptors (Lipinski definition) is 3. The number of carbonyl (C=O) groups is 2. The van der Waals surface area contributed by atoms with E-state index in [1.165, 1.54) is 6.07 Å². The fraction of sp³-hybridized carbons (Fsp3) is 0.125. The lowest BCUT2D eigenvalue weighted by Gasteiger charge is -2.31. The van der Waals surface area contributed by atoms with E-state index in [1.54, 1.807) is 12.1 Å². The summed E-state index contributed by atoms with van der Waals surface area (Å²) in [4.78, 5) is 24.8. The van der Waals surface area contributed by atoms with E-state index in [2.05, 4.69) is 5.32 Å². The van der Waals surface area contributed by atoms with Crippen molar-refractivity contribution in [3.63, 3.8) is 0 Å². The fourth-order valence-electron chi connectivity index (χ4n) is 2.38. The van der Waals surface area contributed by atoms with Crippen LogP contribution in [-0.2, 0) is 4.79 Å². The summed E-state index contributed by atoms with van der Waals surface area (Å²) in [6, 6.07) is 12.6. The van der Waals surface area contributed by atoms with Gasteiger partial charge in [-0.25, -0.2) is 4.79 Å². The highest BCUT2D eigenvalue weighted by Crippen LogP contribution is 2.35. The van der Waals surface area contributed by atoms with Crippen LogP contribution in [0.1, 0.15) is 15.9 Å². The minimum absolute atomic E-state index is 0.153. The first-order valence-corrected chi connectivity index (χ1v) is 6.56. The van der Waals surface area contributed by atoms with Crippen molar-refractivity contribution in [3.05, 3.63) is 53.6 Å². The van der Waals surface area contributed by atoms with E-state index >= 15 is 0 Å². The van der Waals surface area contributed by atoms with Gasteiger partial charge in [0.25, 0.3) is 0 Å². The zero-order valence-electron chi connectivity index (χ0n) is 11.5. The smallest absolute Gasteiger partial charge is 0.335 e. The van der Waals surface area contributed by atoms with Gasteiger partial charge in [0.1, 0.15) is 6.54 Å². The summed E-state index contributed by atoms with van der Waals surface area (Å²) < 4.78 is 0. The number of rotatable bonds is 2. The Morgan fingerprint density at radius 1 is 1.19 bits per heavy atom. The maximum atomic E-state index is 11.9. The Balaban J connectivity index is 2.07. The average Bonchev–Trinajstić information content (AvgIpc) is 2.46. The Morgan fingerprint density at radius 2 is 1.90 bits per heavy atom. The van der Waals surface area contributed by atoms with Crippen molar-refractivity contribution in [3.8, 4) is 0 Å². The van der Waals surface area contributed by atoms with Crippen molar-refractivity contribution < 1.29 is 14.7 Å². The summed E-state index contributed by atoms with van der Waals surface area (Å²) in [5, 5.41) is 11.8. The fourth-order valence-corrected chi connectivity index (χ4v) is 2.38. The predicted octanol–water partition coefficient (Wildman–Crippen LogP) is 2.78. The standard InChI is InChI=1S/C16H14N2O3/c1-10-2-5-12(6-3-10)18-9-15(19)17-13-8-11(16(20)21)4-7-14(13)18/h2-8H,9H2,1H3,(H,17,19)(H,20,21). The summed E-state index contributed by atoms with van der Waals surface area (Å²) in [5.74, 6) is -1.18. The van der Waals surface area contributed by atoms with Crippen molar-refractivity contribution in [2.45, 2.75) is 6.92 Å². The molecule has 0 spiro atoms. The molecule has 0 aromatic heterocycles. The van der Waals surface area contributed by atoms with Gasteiger partial charge in [0.05, 0.1) is 16.9 Å². The number of anilines is 3. The van der Waals surface area contributed by atoms with Crippen LogP contribution in [0.3, 0.4) is 0 Å². The van der Waals surface area contributed by atoms with Crippen molar-refractivity contribution in [2.75, 3.05) is 16.8 Å². The van der Waals surface area contributed by atoms with E-state index in [0.717, 1.165) is 16.9 Å². The van der Waals surface area contributed by atoms with E-state index in [0.29, 0.717) is 5.69 Å². The zero-order chi connectivity index (χ0) is 15.0. The number of amides is 1. The number of carbonyl (C=O) groups excluding carboxylic acids is 1. The van der Waals surface area contributed by atoms with E-state index < -0.39 is 5.97 Å². The molecule has 2 aromatic rings. The lowest BCUT2D eigenvalue weighted by Crippen LogP contribution is -2.35. The van der Waals surface area contributed by atoms with Gasteiger partial charge in [-0.05, 0) is 37.3 Å². The Hall–Kier alpha value is -2.82. The molecule has 1 aliphatic rings. The lowest BCUT2D eigenvalue weighted by atomic mass is 10.1. The van der Waals surface area contributed by atoms with Gasteiger partial charge in [0.15, 0.2) is 0 Å². The van der Waals surface area contributed by atoms with Crippen LogP contribution in [0.4, 0.5) is 17.1 Å². The largest absolute Gasteiger partial charge is 0.478 e. The van der Waals surface area contributed by atoms with Gasteiger partial charge in [0, 0.05) is 5.69 Å². The number of hydrogen-bond donors (Lipinski definition) is 2. The second kappa shape index (κ2) is 4.94.